The second kappa shape index (κ2) is 8.24. The van der Waals surface area contributed by atoms with Crippen LogP contribution in [0.1, 0.15) is 42.7 Å². The zero-order chi connectivity index (χ0) is 17.1. The quantitative estimate of drug-likeness (QED) is 0.733. The average Bonchev–Trinajstić information content (AvgIpc) is 2.61. The van der Waals surface area contributed by atoms with Crippen molar-refractivity contribution < 1.29 is 5.11 Å². The molecule has 25 heavy (non-hydrogen) atoms. The van der Waals surface area contributed by atoms with Crippen LogP contribution in [0.15, 0.2) is 30.3 Å². The molecule has 4 nitrogen and oxygen atoms in total. The zero-order valence-electron chi connectivity index (χ0n) is 14.3. The Hall–Kier alpha value is -2.22. The van der Waals surface area contributed by atoms with Gasteiger partial charge in [0.25, 0.3) is 0 Å². The molecule has 1 aromatic carbocycles. The molecule has 1 fully saturated rings. The Labute approximate surface area is 155 Å². The summed E-state index contributed by atoms with van der Waals surface area (Å²) < 4.78 is 0. The molecular formula is C20H24ClN3O. The molecule has 132 valence electrons. The number of nitrogens with zero attached hydrogens (tertiary/aromatic N) is 1. The van der Waals surface area contributed by atoms with Gasteiger partial charge < -0.3 is 16.2 Å². The molecule has 5 heteroatoms. The van der Waals surface area contributed by atoms with E-state index < -0.39 is 0 Å². The number of para-hydroxylation sites is 1. The number of benzene rings is 1. The Morgan fingerprint density at radius 3 is 2.76 bits per heavy atom. The summed E-state index contributed by atoms with van der Waals surface area (Å²) >= 11 is 0. The van der Waals surface area contributed by atoms with Crippen molar-refractivity contribution in [2.45, 2.75) is 37.6 Å². The van der Waals surface area contributed by atoms with E-state index in [1.54, 1.807) is 12.1 Å². The molecule has 1 aliphatic rings. The van der Waals surface area contributed by atoms with Crippen molar-refractivity contribution in [3.63, 3.8) is 0 Å². The van der Waals surface area contributed by atoms with Crippen molar-refractivity contribution in [1.82, 2.24) is 10.3 Å². The van der Waals surface area contributed by atoms with E-state index in [1.807, 2.05) is 25.2 Å². The fourth-order valence-electron chi connectivity index (χ4n) is 3.63. The molecule has 1 heterocycles. The Morgan fingerprint density at radius 2 is 2.08 bits per heavy atom. The van der Waals surface area contributed by atoms with E-state index in [1.165, 1.54) is 6.42 Å². The number of nitrogens with one attached hydrogen (secondary N) is 1. The summed E-state index contributed by atoms with van der Waals surface area (Å²) in [4.78, 5) is 4.43. The first kappa shape index (κ1) is 19.1. The van der Waals surface area contributed by atoms with Crippen LogP contribution in [0.2, 0.25) is 0 Å². The van der Waals surface area contributed by atoms with Crippen LogP contribution in [0.3, 0.4) is 0 Å². The number of aromatic hydroxyl groups is 1. The molecule has 2 aromatic rings. The topological polar surface area (TPSA) is 71.2 Å². The van der Waals surface area contributed by atoms with Gasteiger partial charge in [-0.25, -0.2) is 4.98 Å². The number of terminal acetylenes is 1. The molecule has 1 saturated carbocycles. The van der Waals surface area contributed by atoms with Gasteiger partial charge in [-0.3, -0.25) is 0 Å². The van der Waals surface area contributed by atoms with Gasteiger partial charge in [0.15, 0.2) is 0 Å². The van der Waals surface area contributed by atoms with Crippen molar-refractivity contribution in [1.29, 1.82) is 0 Å². The van der Waals surface area contributed by atoms with E-state index in [4.69, 9.17) is 12.2 Å². The van der Waals surface area contributed by atoms with Crippen LogP contribution in [0.25, 0.3) is 11.3 Å². The monoisotopic (exact) mass is 357 g/mol. The van der Waals surface area contributed by atoms with Crippen molar-refractivity contribution in [3.05, 3.63) is 41.5 Å². The lowest BCUT2D eigenvalue weighted by Gasteiger charge is -2.30. The summed E-state index contributed by atoms with van der Waals surface area (Å²) in [5, 5.41) is 13.5. The van der Waals surface area contributed by atoms with Crippen LogP contribution >= 0.6 is 12.4 Å². The molecule has 1 aromatic heterocycles. The van der Waals surface area contributed by atoms with Crippen LogP contribution in [-0.2, 0) is 0 Å². The van der Waals surface area contributed by atoms with Gasteiger partial charge in [-0.05, 0) is 56.0 Å². The second-order valence-electron chi connectivity index (χ2n) is 6.37. The van der Waals surface area contributed by atoms with Crippen molar-refractivity contribution in [2.24, 2.45) is 0 Å². The van der Waals surface area contributed by atoms with Gasteiger partial charge in [0.1, 0.15) is 11.6 Å². The lowest BCUT2D eigenvalue weighted by Crippen LogP contribution is -2.30. The molecule has 0 aliphatic heterocycles. The third-order valence-electron chi connectivity index (χ3n) is 4.92. The summed E-state index contributed by atoms with van der Waals surface area (Å²) in [6.45, 7) is 0. The van der Waals surface area contributed by atoms with Gasteiger partial charge >= 0.3 is 0 Å². The van der Waals surface area contributed by atoms with Crippen molar-refractivity contribution >= 4 is 18.2 Å². The highest BCUT2D eigenvalue weighted by molar-refractivity contribution is 5.85. The normalized spacial score (nSPS) is 19.7. The lowest BCUT2D eigenvalue weighted by atomic mass is 9.79. The number of hydrogen-bond donors (Lipinski definition) is 3. The first-order valence-electron chi connectivity index (χ1n) is 8.36. The molecular weight excluding hydrogens is 334 g/mol. The molecule has 0 spiro atoms. The smallest absolute Gasteiger partial charge is 0.140 e. The number of anilines is 1. The maximum atomic E-state index is 10.1. The largest absolute Gasteiger partial charge is 0.507 e. The van der Waals surface area contributed by atoms with Gasteiger partial charge in [-0.1, -0.05) is 24.5 Å². The molecule has 0 amide bonds. The average molecular weight is 358 g/mol. The van der Waals surface area contributed by atoms with Crippen molar-refractivity contribution in [3.8, 4) is 29.4 Å². The Balaban J connectivity index is 0.00000225. The Kier molecular flexibility index (Phi) is 6.30. The standard InChI is InChI=1S/C20H23N3O.ClH/c1-3-15-17(13-7-6-8-14(11-13)22-2)12-18(23-20(15)21)16-9-4-5-10-19(16)24;/h1,4-5,9-10,12-14,22,24H,6-8,11H2,2H3,(H2,21,23);1H. The zero-order valence-corrected chi connectivity index (χ0v) is 15.1. The predicted molar refractivity (Wildman–Crippen MR) is 105 cm³/mol. The summed E-state index contributed by atoms with van der Waals surface area (Å²) in [7, 11) is 2.00. The number of aromatic nitrogens is 1. The maximum absolute atomic E-state index is 10.1. The number of rotatable bonds is 3. The van der Waals surface area contributed by atoms with E-state index >= 15 is 0 Å². The molecule has 4 N–H and O–H groups in total. The van der Waals surface area contributed by atoms with E-state index in [2.05, 4.69) is 16.2 Å². The number of pyridine rings is 1. The number of nitrogen functional groups attached to an aromatic ring is 1. The fourth-order valence-corrected chi connectivity index (χ4v) is 3.63. The van der Waals surface area contributed by atoms with Crippen LogP contribution in [-0.4, -0.2) is 23.2 Å². The third-order valence-corrected chi connectivity index (χ3v) is 4.92. The molecule has 0 saturated heterocycles. The fraction of sp³-hybridized carbons (Fsp3) is 0.350. The van der Waals surface area contributed by atoms with Gasteiger partial charge in [0, 0.05) is 11.6 Å². The van der Waals surface area contributed by atoms with Crippen molar-refractivity contribution in [2.75, 3.05) is 12.8 Å². The van der Waals surface area contributed by atoms with E-state index in [0.717, 1.165) is 24.8 Å². The van der Waals surface area contributed by atoms with E-state index in [0.29, 0.717) is 34.6 Å². The molecule has 2 unspecified atom stereocenters. The lowest BCUT2D eigenvalue weighted by molar-refractivity contribution is 0.355. The van der Waals surface area contributed by atoms with E-state index in [9.17, 15) is 5.11 Å². The second-order valence-corrected chi connectivity index (χ2v) is 6.37. The van der Waals surface area contributed by atoms with Gasteiger partial charge in [-0.15, -0.1) is 18.8 Å². The minimum absolute atomic E-state index is 0. The van der Waals surface area contributed by atoms with Gasteiger partial charge in [0.05, 0.1) is 11.3 Å². The SMILES string of the molecule is C#Cc1c(C2CCCC(NC)C2)cc(-c2ccccc2O)nc1N.Cl. The molecule has 0 radical (unpaired) electrons. The molecule has 3 rings (SSSR count). The third kappa shape index (κ3) is 3.89. The first-order chi connectivity index (χ1) is 11.6. The predicted octanol–water partition coefficient (Wildman–Crippen LogP) is 3.69. The minimum atomic E-state index is 0. The van der Waals surface area contributed by atoms with Crippen LogP contribution in [0.5, 0.6) is 5.75 Å². The number of phenolic OH excluding ortho intramolecular Hbond substituents is 1. The van der Waals surface area contributed by atoms with Crippen LogP contribution in [0.4, 0.5) is 5.82 Å². The number of halogens is 1. The molecule has 1 aliphatic carbocycles. The number of nitrogens with two attached hydrogens (primary N) is 1. The first-order valence-corrected chi connectivity index (χ1v) is 8.36. The van der Waals surface area contributed by atoms with Crippen LogP contribution < -0.4 is 11.1 Å². The maximum Gasteiger partial charge on any atom is 0.140 e. The highest BCUT2D eigenvalue weighted by atomic mass is 35.5. The Bertz CT molecular complexity index is 785. The molecule has 0 bridgehead atoms. The summed E-state index contributed by atoms with van der Waals surface area (Å²) in [6, 6.07) is 9.66. The highest BCUT2D eigenvalue weighted by Crippen LogP contribution is 2.38. The summed E-state index contributed by atoms with van der Waals surface area (Å²) in [5.41, 5.74) is 9.25. The minimum Gasteiger partial charge on any atom is -0.507 e. The Morgan fingerprint density at radius 1 is 1.32 bits per heavy atom. The summed E-state index contributed by atoms with van der Waals surface area (Å²) in [6.07, 6.45) is 10.2. The van der Waals surface area contributed by atoms with E-state index in [-0.39, 0.29) is 18.2 Å². The van der Waals surface area contributed by atoms with Gasteiger partial charge in [-0.2, -0.15) is 0 Å². The molecule has 2 atom stereocenters. The summed E-state index contributed by atoms with van der Waals surface area (Å²) in [5.74, 6) is 3.63. The highest BCUT2D eigenvalue weighted by Gasteiger charge is 2.25. The number of phenols is 1. The van der Waals surface area contributed by atoms with Gasteiger partial charge in [0.2, 0.25) is 0 Å². The van der Waals surface area contributed by atoms with Crippen LogP contribution in [0, 0.1) is 12.3 Å². The number of hydrogen-bond acceptors (Lipinski definition) is 4.